The number of ether oxygens (including phenoxy) is 2. The lowest BCUT2D eigenvalue weighted by molar-refractivity contribution is -0.116. The molecule has 2 aromatic rings. The molecular formula is C19H22ClNO3. The number of halogens is 1. The summed E-state index contributed by atoms with van der Waals surface area (Å²) in [4.78, 5) is 12.1. The molecule has 0 saturated heterocycles. The van der Waals surface area contributed by atoms with Crippen LogP contribution in [0.1, 0.15) is 24.0 Å². The lowest BCUT2D eigenvalue weighted by atomic mass is 10.2. The van der Waals surface area contributed by atoms with E-state index in [2.05, 4.69) is 5.32 Å². The van der Waals surface area contributed by atoms with Gasteiger partial charge in [-0.2, -0.15) is 0 Å². The Morgan fingerprint density at radius 3 is 2.58 bits per heavy atom. The molecule has 0 aliphatic carbocycles. The van der Waals surface area contributed by atoms with E-state index >= 15 is 0 Å². The van der Waals surface area contributed by atoms with E-state index in [1.807, 2.05) is 44.2 Å². The van der Waals surface area contributed by atoms with Crippen LogP contribution in [-0.2, 0) is 4.79 Å². The van der Waals surface area contributed by atoms with Crippen molar-refractivity contribution in [1.82, 2.24) is 0 Å². The van der Waals surface area contributed by atoms with Crippen molar-refractivity contribution in [3.8, 4) is 11.5 Å². The number of carbonyl (C=O) groups is 1. The molecule has 0 radical (unpaired) electrons. The van der Waals surface area contributed by atoms with Crippen LogP contribution in [-0.4, -0.2) is 19.6 Å². The summed E-state index contributed by atoms with van der Waals surface area (Å²) in [6.45, 7) is 4.39. The number of hydrogen-bond acceptors (Lipinski definition) is 3. The lowest BCUT2D eigenvalue weighted by Crippen LogP contribution is -2.13. The summed E-state index contributed by atoms with van der Waals surface area (Å²) in [5.74, 6) is 1.39. The molecule has 24 heavy (non-hydrogen) atoms. The quantitative estimate of drug-likeness (QED) is 0.734. The van der Waals surface area contributed by atoms with Crippen LogP contribution in [0.4, 0.5) is 5.69 Å². The standard InChI is InChI=1S/C19H22ClNO3/c1-13-6-8-18(23-3)16(11-13)21-19(22)5-4-10-24-17-9-7-15(20)12-14(17)2/h6-9,11-12H,4-5,10H2,1-3H3,(H,21,22). The van der Waals surface area contributed by atoms with Crippen molar-refractivity contribution in [2.45, 2.75) is 26.7 Å². The van der Waals surface area contributed by atoms with Gasteiger partial charge in [0.05, 0.1) is 19.4 Å². The topological polar surface area (TPSA) is 47.6 Å². The molecule has 0 spiro atoms. The van der Waals surface area contributed by atoms with Gasteiger partial charge in [-0.25, -0.2) is 0 Å². The molecule has 1 amide bonds. The number of aryl methyl sites for hydroxylation is 2. The fourth-order valence-corrected chi connectivity index (χ4v) is 2.55. The van der Waals surface area contributed by atoms with Crippen molar-refractivity contribution in [2.75, 3.05) is 19.0 Å². The predicted octanol–water partition coefficient (Wildman–Crippen LogP) is 4.76. The molecule has 0 fully saturated rings. The first-order valence-electron chi connectivity index (χ1n) is 7.83. The van der Waals surface area contributed by atoms with E-state index in [-0.39, 0.29) is 5.91 Å². The molecule has 0 aromatic heterocycles. The molecule has 128 valence electrons. The molecule has 0 aliphatic rings. The molecule has 0 heterocycles. The summed E-state index contributed by atoms with van der Waals surface area (Å²) in [5, 5.41) is 3.57. The smallest absolute Gasteiger partial charge is 0.224 e. The maximum Gasteiger partial charge on any atom is 0.224 e. The van der Waals surface area contributed by atoms with Gasteiger partial charge >= 0.3 is 0 Å². The van der Waals surface area contributed by atoms with Crippen LogP contribution in [0, 0.1) is 13.8 Å². The minimum Gasteiger partial charge on any atom is -0.495 e. The monoisotopic (exact) mass is 347 g/mol. The molecule has 4 nitrogen and oxygen atoms in total. The van der Waals surface area contributed by atoms with Gasteiger partial charge in [-0.1, -0.05) is 17.7 Å². The SMILES string of the molecule is COc1ccc(C)cc1NC(=O)CCCOc1ccc(Cl)cc1C. The Morgan fingerprint density at radius 2 is 1.88 bits per heavy atom. The number of carbonyl (C=O) groups excluding carboxylic acids is 1. The third-order valence-electron chi connectivity index (χ3n) is 3.57. The number of methoxy groups -OCH3 is 1. The van der Waals surface area contributed by atoms with Gasteiger partial charge in [-0.15, -0.1) is 0 Å². The summed E-state index contributed by atoms with van der Waals surface area (Å²) in [6, 6.07) is 11.2. The molecule has 1 N–H and O–H groups in total. The van der Waals surface area contributed by atoms with E-state index in [0.717, 1.165) is 16.9 Å². The second kappa shape index (κ2) is 8.60. The molecule has 0 bridgehead atoms. The van der Waals surface area contributed by atoms with Crippen molar-refractivity contribution in [2.24, 2.45) is 0 Å². The van der Waals surface area contributed by atoms with Crippen LogP contribution in [0.25, 0.3) is 0 Å². The van der Waals surface area contributed by atoms with Crippen molar-refractivity contribution in [1.29, 1.82) is 0 Å². The molecular weight excluding hydrogens is 326 g/mol. The molecule has 2 aromatic carbocycles. The van der Waals surface area contributed by atoms with Gasteiger partial charge in [0.2, 0.25) is 5.91 Å². The first-order valence-corrected chi connectivity index (χ1v) is 8.21. The Labute approximate surface area is 147 Å². The van der Waals surface area contributed by atoms with E-state index in [1.165, 1.54) is 0 Å². The Kier molecular flexibility index (Phi) is 6.50. The minimum atomic E-state index is -0.0599. The van der Waals surface area contributed by atoms with Crippen LogP contribution < -0.4 is 14.8 Å². The summed E-state index contributed by atoms with van der Waals surface area (Å²) in [5.41, 5.74) is 2.74. The third-order valence-corrected chi connectivity index (χ3v) is 3.81. The van der Waals surface area contributed by atoms with Gasteiger partial charge in [-0.3, -0.25) is 4.79 Å². The fourth-order valence-electron chi connectivity index (χ4n) is 2.32. The maximum absolute atomic E-state index is 12.1. The highest BCUT2D eigenvalue weighted by atomic mass is 35.5. The third kappa shape index (κ3) is 5.17. The second-order valence-electron chi connectivity index (χ2n) is 5.61. The molecule has 0 unspecified atom stereocenters. The molecule has 2 rings (SSSR count). The summed E-state index contributed by atoms with van der Waals surface area (Å²) in [7, 11) is 1.59. The molecule has 0 saturated carbocycles. The van der Waals surface area contributed by atoms with Crippen LogP contribution in [0.3, 0.4) is 0 Å². The van der Waals surface area contributed by atoms with Crippen molar-refractivity contribution >= 4 is 23.2 Å². The zero-order valence-electron chi connectivity index (χ0n) is 14.2. The maximum atomic E-state index is 12.1. The number of amides is 1. The predicted molar refractivity (Wildman–Crippen MR) is 97.3 cm³/mol. The average Bonchev–Trinajstić information content (AvgIpc) is 2.53. The number of anilines is 1. The molecule has 5 heteroatoms. The van der Waals surface area contributed by atoms with Gasteiger partial charge in [0, 0.05) is 11.4 Å². The normalized spacial score (nSPS) is 10.3. The fraction of sp³-hybridized carbons (Fsp3) is 0.316. The zero-order valence-corrected chi connectivity index (χ0v) is 14.9. The highest BCUT2D eigenvalue weighted by molar-refractivity contribution is 6.30. The van der Waals surface area contributed by atoms with Gasteiger partial charge in [-0.05, 0) is 61.7 Å². The van der Waals surface area contributed by atoms with Crippen LogP contribution in [0.5, 0.6) is 11.5 Å². The highest BCUT2D eigenvalue weighted by Gasteiger charge is 2.08. The second-order valence-corrected chi connectivity index (χ2v) is 6.05. The van der Waals surface area contributed by atoms with Gasteiger partial charge < -0.3 is 14.8 Å². The van der Waals surface area contributed by atoms with Crippen LogP contribution >= 0.6 is 11.6 Å². The van der Waals surface area contributed by atoms with Gasteiger partial charge in [0.1, 0.15) is 11.5 Å². The average molecular weight is 348 g/mol. The zero-order chi connectivity index (χ0) is 17.5. The lowest BCUT2D eigenvalue weighted by Gasteiger charge is -2.12. The van der Waals surface area contributed by atoms with E-state index in [4.69, 9.17) is 21.1 Å². The first kappa shape index (κ1) is 18.1. The first-order chi connectivity index (χ1) is 11.5. The van der Waals surface area contributed by atoms with Crippen LogP contribution in [0.15, 0.2) is 36.4 Å². The van der Waals surface area contributed by atoms with E-state index < -0.39 is 0 Å². The minimum absolute atomic E-state index is 0.0599. The number of hydrogen-bond donors (Lipinski definition) is 1. The Morgan fingerprint density at radius 1 is 1.12 bits per heavy atom. The Balaban J connectivity index is 1.80. The van der Waals surface area contributed by atoms with E-state index in [0.29, 0.717) is 35.9 Å². The Hall–Kier alpha value is -2.20. The summed E-state index contributed by atoms with van der Waals surface area (Å²) < 4.78 is 11.0. The number of nitrogens with one attached hydrogen (secondary N) is 1. The van der Waals surface area contributed by atoms with Crippen molar-refractivity contribution in [3.63, 3.8) is 0 Å². The summed E-state index contributed by atoms with van der Waals surface area (Å²) >= 11 is 5.91. The summed E-state index contributed by atoms with van der Waals surface area (Å²) in [6.07, 6.45) is 1.01. The van der Waals surface area contributed by atoms with E-state index in [9.17, 15) is 4.79 Å². The van der Waals surface area contributed by atoms with E-state index in [1.54, 1.807) is 13.2 Å². The number of rotatable bonds is 7. The Bertz CT molecular complexity index is 716. The van der Waals surface area contributed by atoms with Crippen molar-refractivity contribution in [3.05, 3.63) is 52.5 Å². The highest BCUT2D eigenvalue weighted by Crippen LogP contribution is 2.25. The number of benzene rings is 2. The molecule has 0 atom stereocenters. The van der Waals surface area contributed by atoms with Crippen molar-refractivity contribution < 1.29 is 14.3 Å². The molecule has 0 aliphatic heterocycles. The largest absolute Gasteiger partial charge is 0.495 e. The van der Waals surface area contributed by atoms with Crippen LogP contribution in [0.2, 0.25) is 5.02 Å². The van der Waals surface area contributed by atoms with Gasteiger partial charge in [0.15, 0.2) is 0 Å². The van der Waals surface area contributed by atoms with Gasteiger partial charge in [0.25, 0.3) is 0 Å².